The summed E-state index contributed by atoms with van der Waals surface area (Å²) in [6.45, 7) is 8.45. The predicted molar refractivity (Wildman–Crippen MR) is 162 cm³/mol. The largest absolute Gasteiger partial charge is 0.443 e. The molecule has 1 aromatic heterocycles. The molecule has 3 N–H and O–H groups in total. The number of amides is 5. The van der Waals surface area contributed by atoms with Crippen molar-refractivity contribution in [2.45, 2.75) is 78.0 Å². The summed E-state index contributed by atoms with van der Waals surface area (Å²) in [5.41, 5.74) is -0.892. The van der Waals surface area contributed by atoms with E-state index in [4.69, 9.17) is 9.26 Å². The Morgan fingerprint density at radius 1 is 1.24 bits per heavy atom. The average Bonchev–Trinajstić information content (AvgIpc) is 3.43. The summed E-state index contributed by atoms with van der Waals surface area (Å²) in [6.07, 6.45) is 1.41. The van der Waals surface area contributed by atoms with Gasteiger partial charge >= 0.3 is 6.09 Å². The number of hydrogen-bond acceptors (Lipinski definition) is 9. The molecule has 46 heavy (non-hydrogen) atoms. The number of likely N-dealkylation sites (N-methyl/N-ethyl adjacent to an activating group) is 1. The lowest BCUT2D eigenvalue weighted by Gasteiger charge is -2.28. The van der Waals surface area contributed by atoms with Crippen LogP contribution in [0.2, 0.25) is 0 Å². The zero-order chi connectivity index (χ0) is 34.0. The zero-order valence-electron chi connectivity index (χ0n) is 26.5. The lowest BCUT2D eigenvalue weighted by molar-refractivity contribution is -0.128. The Morgan fingerprint density at radius 2 is 1.93 bits per heavy atom. The number of rotatable bonds is 11. The first-order valence-corrected chi connectivity index (χ1v) is 14.9. The highest BCUT2D eigenvalue weighted by Gasteiger charge is 2.32. The van der Waals surface area contributed by atoms with E-state index in [2.05, 4.69) is 21.1 Å². The van der Waals surface area contributed by atoms with Gasteiger partial charge in [0.2, 0.25) is 11.8 Å². The van der Waals surface area contributed by atoms with E-state index in [0.29, 0.717) is 30.7 Å². The Kier molecular flexibility index (Phi) is 12.2. The molecule has 0 radical (unpaired) electrons. The van der Waals surface area contributed by atoms with Crippen molar-refractivity contribution in [1.82, 2.24) is 26.0 Å². The van der Waals surface area contributed by atoms with E-state index in [0.717, 1.165) is 4.90 Å². The second kappa shape index (κ2) is 15.8. The molecule has 3 rings (SSSR count). The van der Waals surface area contributed by atoms with Crippen molar-refractivity contribution in [3.05, 3.63) is 64.8 Å². The van der Waals surface area contributed by atoms with Crippen LogP contribution in [0.4, 0.5) is 9.18 Å². The van der Waals surface area contributed by atoms with Crippen molar-refractivity contribution in [2.75, 3.05) is 13.1 Å². The van der Waals surface area contributed by atoms with Gasteiger partial charge in [0.15, 0.2) is 5.69 Å². The summed E-state index contributed by atoms with van der Waals surface area (Å²) >= 11 is 0. The van der Waals surface area contributed by atoms with Gasteiger partial charge in [0.25, 0.3) is 11.8 Å². The number of benzene rings is 1. The van der Waals surface area contributed by atoms with E-state index >= 15 is 0 Å². The fraction of sp³-hybridized carbons (Fsp3) is 0.469. The number of halogens is 1. The van der Waals surface area contributed by atoms with Crippen LogP contribution in [-0.4, -0.2) is 70.6 Å². The van der Waals surface area contributed by atoms with Gasteiger partial charge in [0, 0.05) is 37.5 Å². The van der Waals surface area contributed by atoms with E-state index in [9.17, 15) is 33.6 Å². The molecule has 246 valence electrons. The number of carbonyl (C=O) groups is 5. The van der Waals surface area contributed by atoms with Gasteiger partial charge < -0.3 is 25.2 Å². The molecule has 0 aliphatic carbocycles. The van der Waals surface area contributed by atoms with Crippen molar-refractivity contribution < 1.29 is 37.6 Å². The monoisotopic (exact) mass is 638 g/mol. The van der Waals surface area contributed by atoms with Gasteiger partial charge in [0.1, 0.15) is 34.9 Å². The molecule has 0 saturated carbocycles. The van der Waals surface area contributed by atoms with Gasteiger partial charge in [-0.3, -0.25) is 19.2 Å². The average molecular weight is 639 g/mol. The first kappa shape index (κ1) is 35.4. The lowest BCUT2D eigenvalue weighted by Crippen LogP contribution is -2.51. The Hall–Kier alpha value is -5.06. The van der Waals surface area contributed by atoms with Crippen LogP contribution >= 0.6 is 0 Å². The van der Waals surface area contributed by atoms with Crippen molar-refractivity contribution in [3.8, 4) is 6.07 Å². The number of imide groups is 1. The van der Waals surface area contributed by atoms with Crippen LogP contribution in [0.25, 0.3) is 0 Å². The fourth-order valence-electron chi connectivity index (χ4n) is 4.77. The van der Waals surface area contributed by atoms with Gasteiger partial charge in [-0.05, 0) is 77.7 Å². The van der Waals surface area contributed by atoms with Gasteiger partial charge in [-0.1, -0.05) is 17.3 Å². The van der Waals surface area contributed by atoms with Crippen molar-refractivity contribution in [2.24, 2.45) is 5.92 Å². The number of carbonyl (C=O) groups excluding carboxylic acids is 5. The molecule has 1 saturated heterocycles. The molecular formula is C32H39FN6O7. The van der Waals surface area contributed by atoms with E-state index in [-0.39, 0.29) is 31.0 Å². The highest BCUT2D eigenvalue weighted by Crippen LogP contribution is 2.20. The standard InChI is InChI=1S/C32H39FN6O7/c1-6-39(31(44)45-32(3,4)5)30(43)22(18-34)17-24(16-21-8-7-13-35-27(21)40)36-28(41)25(15-20-9-11-23(33)12-10-20)37-29(42)26-14-19(2)46-38-26/h9-12,14,17,21,24-25H,6-8,13,15-16H2,1-5H3,(H,35,40)(H,36,41)(H,37,42). The maximum Gasteiger partial charge on any atom is 0.417 e. The summed E-state index contributed by atoms with van der Waals surface area (Å²) in [4.78, 5) is 66.3. The Bertz CT molecular complexity index is 1510. The van der Waals surface area contributed by atoms with Crippen LogP contribution < -0.4 is 16.0 Å². The number of aryl methyl sites for hydroxylation is 1. The normalized spacial score (nSPS) is 16.3. The summed E-state index contributed by atoms with van der Waals surface area (Å²) in [7, 11) is 0. The SMILES string of the molecule is CCN(C(=O)OC(C)(C)C)C(=O)C(C#N)=CC(CC1CCCNC1=O)NC(=O)C(Cc1ccc(F)cc1)NC(=O)c1cc(C)on1. The number of nitrogens with one attached hydrogen (secondary N) is 3. The van der Waals surface area contributed by atoms with Crippen LogP contribution in [0.5, 0.6) is 0 Å². The first-order chi connectivity index (χ1) is 21.7. The molecule has 2 aromatic rings. The molecule has 1 aliphatic heterocycles. The molecule has 1 fully saturated rings. The maximum atomic E-state index is 13.8. The number of ether oxygens (including phenoxy) is 1. The zero-order valence-corrected chi connectivity index (χ0v) is 26.5. The third-order valence-electron chi connectivity index (χ3n) is 6.99. The van der Waals surface area contributed by atoms with Gasteiger partial charge in [0.05, 0.1) is 0 Å². The molecule has 3 unspecified atom stereocenters. The molecule has 2 heterocycles. The summed E-state index contributed by atoms with van der Waals surface area (Å²) in [6, 6.07) is 6.30. The summed E-state index contributed by atoms with van der Waals surface area (Å²) in [5.74, 6) is -3.26. The first-order valence-electron chi connectivity index (χ1n) is 14.9. The van der Waals surface area contributed by atoms with E-state index in [1.165, 1.54) is 36.4 Å². The van der Waals surface area contributed by atoms with Crippen LogP contribution in [0.1, 0.15) is 68.8 Å². The van der Waals surface area contributed by atoms with E-state index in [1.54, 1.807) is 40.7 Å². The van der Waals surface area contributed by atoms with Crippen molar-refractivity contribution >= 4 is 29.7 Å². The number of aromatic nitrogens is 1. The molecule has 5 amide bonds. The van der Waals surface area contributed by atoms with Crippen LogP contribution in [-0.2, 0) is 25.5 Å². The molecule has 1 aromatic carbocycles. The van der Waals surface area contributed by atoms with Gasteiger partial charge in [-0.2, -0.15) is 5.26 Å². The van der Waals surface area contributed by atoms with Crippen LogP contribution in [0, 0.1) is 30.0 Å². The molecule has 0 spiro atoms. The Balaban J connectivity index is 1.94. The molecule has 0 bridgehead atoms. The highest BCUT2D eigenvalue weighted by atomic mass is 19.1. The number of nitrogens with zero attached hydrogens (tertiary/aromatic N) is 3. The highest BCUT2D eigenvalue weighted by molar-refractivity contribution is 6.05. The summed E-state index contributed by atoms with van der Waals surface area (Å²) in [5, 5.41) is 21.8. The second-order valence-electron chi connectivity index (χ2n) is 11.9. The van der Waals surface area contributed by atoms with Crippen LogP contribution in [0.15, 0.2) is 46.5 Å². The van der Waals surface area contributed by atoms with Gasteiger partial charge in [-0.15, -0.1) is 0 Å². The van der Waals surface area contributed by atoms with Crippen LogP contribution in [0.3, 0.4) is 0 Å². The number of piperidine rings is 1. The minimum atomic E-state index is -1.22. The molecule has 13 nitrogen and oxygen atoms in total. The number of hydrogen-bond donors (Lipinski definition) is 3. The van der Waals surface area contributed by atoms with Crippen molar-refractivity contribution in [3.63, 3.8) is 0 Å². The van der Waals surface area contributed by atoms with Crippen molar-refractivity contribution in [1.29, 1.82) is 5.26 Å². The minimum absolute atomic E-state index is 0.0221. The smallest absolute Gasteiger partial charge is 0.417 e. The quantitative estimate of drug-likeness (QED) is 0.246. The lowest BCUT2D eigenvalue weighted by atomic mass is 9.90. The Morgan fingerprint density at radius 3 is 2.50 bits per heavy atom. The third-order valence-corrected chi connectivity index (χ3v) is 6.99. The third kappa shape index (κ3) is 10.3. The second-order valence-corrected chi connectivity index (χ2v) is 11.9. The minimum Gasteiger partial charge on any atom is -0.443 e. The summed E-state index contributed by atoms with van der Waals surface area (Å²) < 4.78 is 23.9. The number of nitriles is 1. The molecule has 3 atom stereocenters. The van der Waals surface area contributed by atoms with E-state index in [1.807, 2.05) is 0 Å². The van der Waals surface area contributed by atoms with E-state index < -0.39 is 58.8 Å². The van der Waals surface area contributed by atoms with Gasteiger partial charge in [-0.25, -0.2) is 14.1 Å². The maximum absolute atomic E-state index is 13.8. The topological polar surface area (TPSA) is 184 Å². The molecule has 1 aliphatic rings. The molecule has 14 heteroatoms. The predicted octanol–water partition coefficient (Wildman–Crippen LogP) is 3.10. The Labute approximate surface area is 266 Å². The fourth-order valence-corrected chi connectivity index (χ4v) is 4.77. The molecular weight excluding hydrogens is 599 g/mol.